The number of unbranched alkanes of at least 4 members (excludes halogenated alkanes) is 2. The minimum Gasteiger partial charge on any atom is -0.481 e. The van der Waals surface area contributed by atoms with E-state index >= 15 is 0 Å². The first-order valence-electron chi connectivity index (χ1n) is 12.8. The molecule has 0 saturated heterocycles. The third kappa shape index (κ3) is 16.9. The number of rotatable bonds is 21. The molecule has 0 aliphatic carbocycles. The van der Waals surface area contributed by atoms with Crippen molar-refractivity contribution in [1.29, 1.82) is 0 Å². The molecule has 0 aromatic carbocycles. The molecule has 214 valence electrons. The summed E-state index contributed by atoms with van der Waals surface area (Å²) in [4.78, 5) is 61.5. The van der Waals surface area contributed by atoms with Gasteiger partial charge in [0, 0.05) is 12.8 Å². The van der Waals surface area contributed by atoms with Crippen molar-refractivity contribution in [1.82, 2.24) is 10.6 Å². The summed E-state index contributed by atoms with van der Waals surface area (Å²) >= 11 is 0. The minimum atomic E-state index is -1.13. The van der Waals surface area contributed by atoms with Crippen molar-refractivity contribution >= 4 is 29.4 Å². The summed E-state index contributed by atoms with van der Waals surface area (Å²) < 4.78 is 5.33. The van der Waals surface area contributed by atoms with Gasteiger partial charge in [0.2, 0.25) is 11.8 Å². The van der Waals surface area contributed by atoms with Gasteiger partial charge >= 0.3 is 5.97 Å². The van der Waals surface area contributed by atoms with Crippen molar-refractivity contribution in [2.24, 2.45) is 23.3 Å². The average Bonchev–Trinajstić information content (AvgIpc) is 2.82. The second kappa shape index (κ2) is 18.8. The van der Waals surface area contributed by atoms with Crippen LogP contribution in [0.3, 0.4) is 0 Å². The molecule has 0 aromatic heterocycles. The quantitative estimate of drug-likeness (QED) is 0.108. The molecule has 0 aliphatic rings. The fraction of sp³-hybridized carbons (Fsp3) is 0.800. The van der Waals surface area contributed by atoms with Gasteiger partial charge in [0.05, 0.1) is 36.6 Å². The van der Waals surface area contributed by atoms with E-state index in [0.717, 1.165) is 0 Å². The fourth-order valence-electron chi connectivity index (χ4n) is 3.45. The smallest absolute Gasteiger partial charge is 0.306 e. The number of nitrogens with two attached hydrogens (primary N) is 2. The highest BCUT2D eigenvalue weighted by Crippen LogP contribution is 2.17. The second-order valence-electron chi connectivity index (χ2n) is 10.1. The Hall–Kier alpha value is -2.41. The van der Waals surface area contributed by atoms with Crippen LogP contribution in [0.5, 0.6) is 0 Å². The highest BCUT2D eigenvalue weighted by atomic mass is 16.5. The minimum absolute atomic E-state index is 0.225. The van der Waals surface area contributed by atoms with Crippen molar-refractivity contribution < 1.29 is 38.9 Å². The van der Waals surface area contributed by atoms with Gasteiger partial charge in [-0.3, -0.25) is 24.0 Å². The zero-order valence-corrected chi connectivity index (χ0v) is 22.4. The van der Waals surface area contributed by atoms with Crippen LogP contribution in [0.1, 0.15) is 72.1 Å². The summed E-state index contributed by atoms with van der Waals surface area (Å²) in [5, 5.41) is 24.2. The van der Waals surface area contributed by atoms with Gasteiger partial charge in [-0.25, -0.2) is 0 Å². The predicted octanol–water partition coefficient (Wildman–Crippen LogP) is -0.112. The zero-order chi connectivity index (χ0) is 28.4. The van der Waals surface area contributed by atoms with Crippen LogP contribution in [-0.4, -0.2) is 84.1 Å². The van der Waals surface area contributed by atoms with Crippen LogP contribution in [0, 0.1) is 11.8 Å². The van der Waals surface area contributed by atoms with Gasteiger partial charge in [0.1, 0.15) is 6.61 Å². The van der Waals surface area contributed by atoms with Crippen LogP contribution in [0.25, 0.3) is 0 Å². The molecule has 0 fully saturated rings. The average molecular weight is 531 g/mol. The number of Topliss-reactive ketones (excluding diaryl/α,β-unsaturated/α-hetero) is 2. The number of aliphatic hydroxyl groups excluding tert-OH is 1. The maximum Gasteiger partial charge on any atom is 0.306 e. The lowest BCUT2D eigenvalue weighted by Gasteiger charge is -2.22. The standard InChI is InChI=1S/C25H46N4O8/c1-25(2,3)37-16-22(33)28-14-19(31)12-18(15-30)23(34)29-20(9-5-7-11-27)21(32)13-17(24(35)36)8-4-6-10-26/h17-18,20,30H,4-16,26-27H2,1-3H3,(H,28,33)(H,29,34)(H,35,36)/t17-,18+,20+/m1/s1. The number of ketones is 2. The molecule has 12 nitrogen and oxygen atoms in total. The molecular formula is C25H46N4O8. The Kier molecular flexibility index (Phi) is 17.6. The third-order valence-electron chi connectivity index (χ3n) is 5.64. The normalized spacial score (nSPS) is 13.9. The van der Waals surface area contributed by atoms with Crippen LogP contribution in [0.2, 0.25) is 0 Å². The number of hydrogen-bond donors (Lipinski definition) is 6. The van der Waals surface area contributed by atoms with E-state index in [4.69, 9.17) is 16.2 Å². The van der Waals surface area contributed by atoms with E-state index < -0.39 is 59.4 Å². The highest BCUT2D eigenvalue weighted by Gasteiger charge is 2.29. The van der Waals surface area contributed by atoms with Crippen LogP contribution < -0.4 is 22.1 Å². The monoisotopic (exact) mass is 530 g/mol. The Bertz CT molecular complexity index is 739. The molecule has 2 amide bonds. The lowest BCUT2D eigenvalue weighted by atomic mass is 9.91. The number of nitrogens with one attached hydrogen (secondary N) is 2. The van der Waals surface area contributed by atoms with Crippen molar-refractivity contribution in [3.05, 3.63) is 0 Å². The number of aliphatic carboxylic acids is 1. The summed E-state index contributed by atoms with van der Waals surface area (Å²) in [7, 11) is 0. The number of amides is 2. The molecule has 3 atom stereocenters. The van der Waals surface area contributed by atoms with Gasteiger partial charge in [-0.1, -0.05) is 6.42 Å². The van der Waals surface area contributed by atoms with Gasteiger partial charge in [-0.2, -0.15) is 0 Å². The molecule has 0 heterocycles. The number of carbonyl (C=O) groups excluding carboxylic acids is 4. The van der Waals surface area contributed by atoms with Crippen molar-refractivity contribution in [3.8, 4) is 0 Å². The first kappa shape index (κ1) is 34.6. The molecule has 0 saturated carbocycles. The second-order valence-corrected chi connectivity index (χ2v) is 10.1. The molecular weight excluding hydrogens is 484 g/mol. The summed E-state index contributed by atoms with van der Waals surface area (Å²) in [6, 6.07) is -0.964. The molecule has 12 heteroatoms. The Morgan fingerprint density at radius 1 is 0.892 bits per heavy atom. The third-order valence-corrected chi connectivity index (χ3v) is 5.64. The number of carboxylic acid groups (broad SMARTS) is 1. The van der Waals surface area contributed by atoms with Gasteiger partial charge in [-0.15, -0.1) is 0 Å². The van der Waals surface area contributed by atoms with E-state index in [1.165, 1.54) is 0 Å². The molecule has 0 radical (unpaired) electrons. The van der Waals surface area contributed by atoms with Crippen molar-refractivity contribution in [2.75, 3.05) is 32.8 Å². The lowest BCUT2D eigenvalue weighted by molar-refractivity contribution is -0.144. The van der Waals surface area contributed by atoms with E-state index in [1.807, 2.05) is 0 Å². The van der Waals surface area contributed by atoms with E-state index in [0.29, 0.717) is 45.2 Å². The number of ether oxygens (including phenoxy) is 1. The van der Waals surface area contributed by atoms with E-state index in [2.05, 4.69) is 10.6 Å². The summed E-state index contributed by atoms with van der Waals surface area (Å²) in [6.07, 6.45) is 2.31. The number of carboxylic acids is 1. The fourth-order valence-corrected chi connectivity index (χ4v) is 3.45. The Morgan fingerprint density at radius 3 is 2.00 bits per heavy atom. The molecule has 8 N–H and O–H groups in total. The lowest BCUT2D eigenvalue weighted by Crippen LogP contribution is -2.46. The topological polar surface area (TPSA) is 211 Å². The number of aliphatic hydroxyl groups is 1. The van der Waals surface area contributed by atoms with Gasteiger partial charge in [0.15, 0.2) is 11.6 Å². The first-order chi connectivity index (χ1) is 17.3. The molecule has 0 spiro atoms. The van der Waals surface area contributed by atoms with Crippen LogP contribution in [-0.2, 0) is 28.7 Å². The van der Waals surface area contributed by atoms with E-state index in [9.17, 15) is 34.2 Å². The molecule has 0 bridgehead atoms. The summed E-state index contributed by atoms with van der Waals surface area (Å²) in [5.74, 6) is -5.20. The van der Waals surface area contributed by atoms with Crippen LogP contribution in [0.15, 0.2) is 0 Å². The predicted molar refractivity (Wildman–Crippen MR) is 137 cm³/mol. The maximum absolute atomic E-state index is 12.9. The molecule has 0 rings (SSSR count). The van der Waals surface area contributed by atoms with E-state index in [-0.39, 0.29) is 32.4 Å². The van der Waals surface area contributed by atoms with Gasteiger partial charge in [-0.05, 0) is 66.0 Å². The highest BCUT2D eigenvalue weighted by molar-refractivity contribution is 5.94. The Morgan fingerprint density at radius 2 is 1.49 bits per heavy atom. The molecule has 37 heavy (non-hydrogen) atoms. The van der Waals surface area contributed by atoms with Gasteiger partial charge in [0.25, 0.3) is 0 Å². The Labute approximate surface area is 219 Å². The number of carbonyl (C=O) groups is 5. The summed E-state index contributed by atoms with van der Waals surface area (Å²) in [5.41, 5.74) is 10.5. The van der Waals surface area contributed by atoms with Crippen molar-refractivity contribution in [3.63, 3.8) is 0 Å². The SMILES string of the molecule is CC(C)(C)OCC(=O)NCC(=O)C[C@@H](CO)C(=O)N[C@@H](CCCCN)C(=O)C[C@@H](CCCCN)C(=O)O. The summed E-state index contributed by atoms with van der Waals surface area (Å²) in [6.45, 7) is 4.97. The Balaban J connectivity index is 5.07. The number of hydrogen-bond acceptors (Lipinski definition) is 9. The largest absolute Gasteiger partial charge is 0.481 e. The van der Waals surface area contributed by atoms with Crippen LogP contribution in [0.4, 0.5) is 0 Å². The van der Waals surface area contributed by atoms with Gasteiger partial charge < -0.3 is 37.1 Å². The molecule has 0 aromatic rings. The first-order valence-corrected chi connectivity index (χ1v) is 12.8. The van der Waals surface area contributed by atoms with Crippen LogP contribution >= 0.6 is 0 Å². The molecule has 0 aliphatic heterocycles. The molecule has 0 unspecified atom stereocenters. The maximum atomic E-state index is 12.9. The van der Waals surface area contributed by atoms with E-state index in [1.54, 1.807) is 20.8 Å². The zero-order valence-electron chi connectivity index (χ0n) is 22.4. The van der Waals surface area contributed by atoms with Crippen molar-refractivity contribution in [2.45, 2.75) is 83.8 Å².